The number of anilines is 3. The summed E-state index contributed by atoms with van der Waals surface area (Å²) >= 11 is 0. The van der Waals surface area contributed by atoms with E-state index in [1.807, 2.05) is 0 Å². The lowest BCUT2D eigenvalue weighted by molar-refractivity contribution is 0.447. The molecule has 1 aliphatic carbocycles. The third kappa shape index (κ3) is 4.53. The van der Waals surface area contributed by atoms with Gasteiger partial charge in [-0.1, -0.05) is 182 Å². The average Bonchev–Trinajstić information content (AvgIpc) is 3.57. The summed E-state index contributed by atoms with van der Waals surface area (Å²) in [6.07, 6.45) is 0. The van der Waals surface area contributed by atoms with Crippen LogP contribution >= 0.6 is 0 Å². The zero-order chi connectivity index (χ0) is 37.5. The van der Waals surface area contributed by atoms with Gasteiger partial charge in [0.2, 0.25) is 0 Å². The first-order valence-corrected chi connectivity index (χ1v) is 19.7. The molecule has 0 aromatic heterocycles. The van der Waals surface area contributed by atoms with Crippen LogP contribution in [0.1, 0.15) is 22.3 Å². The molecule has 10 aromatic carbocycles. The summed E-state index contributed by atoms with van der Waals surface area (Å²) in [5.41, 5.74) is 12.5. The molecule has 0 N–H and O–H groups in total. The molecule has 2 nitrogen and oxygen atoms in total. The highest BCUT2D eigenvalue weighted by atomic mass is 16.5. The van der Waals surface area contributed by atoms with Gasteiger partial charge in [-0.3, -0.25) is 0 Å². The van der Waals surface area contributed by atoms with Crippen LogP contribution in [0.5, 0.6) is 11.5 Å². The van der Waals surface area contributed by atoms with Crippen LogP contribution in [0.15, 0.2) is 212 Å². The van der Waals surface area contributed by atoms with Gasteiger partial charge >= 0.3 is 0 Å². The van der Waals surface area contributed by atoms with E-state index in [0.29, 0.717) is 0 Å². The smallest absolute Gasteiger partial charge is 0.140 e. The molecule has 12 rings (SSSR count). The van der Waals surface area contributed by atoms with Crippen LogP contribution in [0.2, 0.25) is 0 Å². The predicted octanol–water partition coefficient (Wildman–Crippen LogP) is 14.8. The van der Waals surface area contributed by atoms with Crippen LogP contribution in [-0.2, 0) is 5.41 Å². The fraction of sp³-hybridized carbons (Fsp3) is 0.0182. The lowest BCUT2D eigenvalue weighted by atomic mass is 9.65. The minimum atomic E-state index is -0.622. The lowest BCUT2D eigenvalue weighted by Crippen LogP contribution is -2.32. The van der Waals surface area contributed by atoms with E-state index in [4.69, 9.17) is 4.74 Å². The minimum Gasteiger partial charge on any atom is -0.455 e. The van der Waals surface area contributed by atoms with E-state index in [-0.39, 0.29) is 0 Å². The molecule has 10 aromatic rings. The Morgan fingerprint density at radius 3 is 1.58 bits per heavy atom. The molecule has 1 heterocycles. The van der Waals surface area contributed by atoms with Crippen LogP contribution < -0.4 is 9.64 Å². The van der Waals surface area contributed by atoms with Crippen LogP contribution in [0.4, 0.5) is 17.1 Å². The molecule has 0 atom stereocenters. The number of hydrogen-bond acceptors (Lipinski definition) is 2. The van der Waals surface area contributed by atoms with E-state index in [9.17, 15) is 0 Å². The van der Waals surface area contributed by atoms with Crippen LogP contribution in [-0.4, -0.2) is 0 Å². The summed E-state index contributed by atoms with van der Waals surface area (Å²) in [5.74, 6) is 1.85. The van der Waals surface area contributed by atoms with E-state index in [1.54, 1.807) is 0 Å². The Kier molecular flexibility index (Phi) is 6.88. The Balaban J connectivity index is 1.16. The molecule has 1 spiro atoms. The average molecular weight is 726 g/mol. The van der Waals surface area contributed by atoms with Crippen molar-refractivity contribution < 1.29 is 4.74 Å². The normalized spacial score (nSPS) is 13.2. The SMILES string of the molecule is c1ccc(N(c2ccccc2-c2ccc3c(c2)C2(c4ccccc4-3)c3ccc4ccccc4c3Oc3c2ccc2ccccc32)c2cccc3ccccc23)cc1. The first-order valence-electron chi connectivity index (χ1n) is 19.7. The molecule has 266 valence electrons. The summed E-state index contributed by atoms with van der Waals surface area (Å²) < 4.78 is 7.21. The van der Waals surface area contributed by atoms with Gasteiger partial charge in [-0.05, 0) is 74.3 Å². The maximum atomic E-state index is 7.21. The molecular formula is C55H35NO. The van der Waals surface area contributed by atoms with Gasteiger partial charge in [0.25, 0.3) is 0 Å². The molecule has 1 aliphatic heterocycles. The molecule has 0 amide bonds. The largest absolute Gasteiger partial charge is 0.455 e. The van der Waals surface area contributed by atoms with Crippen molar-refractivity contribution in [1.82, 2.24) is 0 Å². The van der Waals surface area contributed by atoms with E-state index >= 15 is 0 Å². The summed E-state index contributed by atoms with van der Waals surface area (Å²) in [6, 6.07) is 77.5. The predicted molar refractivity (Wildman–Crippen MR) is 236 cm³/mol. The molecule has 0 radical (unpaired) electrons. The van der Waals surface area contributed by atoms with E-state index in [1.165, 1.54) is 54.9 Å². The standard InChI is InChI=1S/C55H35NO/c1-2-19-40(20-3-1)56(52-28-14-18-36-15-4-7-21-41(36)52)51-27-13-11-22-42(51)39-29-32-46-45-25-10-12-26-47(45)55(50(46)35-39)48-33-30-37-16-5-8-23-43(37)53(48)57-54-44-24-9-6-17-38(44)31-34-49(54)55/h1-35H. The summed E-state index contributed by atoms with van der Waals surface area (Å²) in [6.45, 7) is 0. The van der Waals surface area contributed by atoms with Crippen LogP contribution in [0.25, 0.3) is 54.6 Å². The van der Waals surface area contributed by atoms with E-state index in [2.05, 4.69) is 217 Å². The summed E-state index contributed by atoms with van der Waals surface area (Å²) in [4.78, 5) is 2.42. The first-order chi connectivity index (χ1) is 28.3. The Morgan fingerprint density at radius 1 is 0.333 bits per heavy atom. The molecule has 2 heteroatoms. The van der Waals surface area contributed by atoms with Crippen molar-refractivity contribution in [3.8, 4) is 33.8 Å². The van der Waals surface area contributed by atoms with Crippen molar-refractivity contribution in [3.05, 3.63) is 235 Å². The molecule has 0 saturated carbocycles. The Labute approximate surface area is 331 Å². The molecular weight excluding hydrogens is 691 g/mol. The van der Waals surface area contributed by atoms with Gasteiger partial charge in [0.1, 0.15) is 11.5 Å². The van der Waals surface area contributed by atoms with Gasteiger partial charge in [0.15, 0.2) is 0 Å². The highest BCUT2D eigenvalue weighted by molar-refractivity contribution is 6.03. The van der Waals surface area contributed by atoms with Gasteiger partial charge in [-0.2, -0.15) is 0 Å². The second kappa shape index (κ2) is 12.3. The van der Waals surface area contributed by atoms with Crippen molar-refractivity contribution in [2.45, 2.75) is 5.41 Å². The number of fused-ring (bicyclic) bond motifs is 14. The van der Waals surface area contributed by atoms with Crippen molar-refractivity contribution in [3.63, 3.8) is 0 Å². The molecule has 0 unspecified atom stereocenters. The van der Waals surface area contributed by atoms with Crippen LogP contribution in [0.3, 0.4) is 0 Å². The van der Waals surface area contributed by atoms with Crippen molar-refractivity contribution in [2.24, 2.45) is 0 Å². The maximum absolute atomic E-state index is 7.21. The number of para-hydroxylation sites is 2. The highest BCUT2D eigenvalue weighted by Gasteiger charge is 2.52. The lowest BCUT2D eigenvalue weighted by Gasteiger charge is -2.40. The van der Waals surface area contributed by atoms with Gasteiger partial charge in [-0.15, -0.1) is 0 Å². The number of rotatable bonds is 4. The third-order valence-corrected chi connectivity index (χ3v) is 12.3. The van der Waals surface area contributed by atoms with Crippen molar-refractivity contribution >= 4 is 49.4 Å². The Morgan fingerprint density at radius 2 is 0.860 bits per heavy atom. The second-order valence-corrected chi connectivity index (χ2v) is 15.2. The molecule has 2 aliphatic rings. The summed E-state index contributed by atoms with van der Waals surface area (Å²) in [5, 5.41) is 6.99. The Hall–Kier alpha value is -7.42. The van der Waals surface area contributed by atoms with Crippen LogP contribution in [0, 0.1) is 0 Å². The third-order valence-electron chi connectivity index (χ3n) is 12.3. The van der Waals surface area contributed by atoms with E-state index in [0.717, 1.165) is 50.5 Å². The highest BCUT2D eigenvalue weighted by Crippen LogP contribution is 2.64. The fourth-order valence-electron chi connectivity index (χ4n) is 9.87. The zero-order valence-electron chi connectivity index (χ0n) is 31.1. The van der Waals surface area contributed by atoms with Crippen molar-refractivity contribution in [2.75, 3.05) is 4.90 Å². The number of benzene rings is 10. The van der Waals surface area contributed by atoms with Crippen molar-refractivity contribution in [1.29, 1.82) is 0 Å². The van der Waals surface area contributed by atoms with Gasteiger partial charge in [-0.25, -0.2) is 0 Å². The number of hydrogen-bond donors (Lipinski definition) is 0. The summed E-state index contributed by atoms with van der Waals surface area (Å²) in [7, 11) is 0. The molecule has 57 heavy (non-hydrogen) atoms. The quantitative estimate of drug-likeness (QED) is 0.179. The number of nitrogens with zero attached hydrogens (tertiary/aromatic N) is 1. The van der Waals surface area contributed by atoms with Gasteiger partial charge in [0.05, 0.1) is 16.8 Å². The Bertz CT molecular complexity index is 3140. The zero-order valence-corrected chi connectivity index (χ0v) is 31.1. The maximum Gasteiger partial charge on any atom is 0.140 e. The molecule has 0 bridgehead atoms. The molecule has 0 fully saturated rings. The first kappa shape index (κ1) is 31.9. The van der Waals surface area contributed by atoms with Gasteiger partial charge in [0, 0.05) is 38.5 Å². The fourth-order valence-corrected chi connectivity index (χ4v) is 9.87. The monoisotopic (exact) mass is 725 g/mol. The van der Waals surface area contributed by atoms with E-state index < -0.39 is 5.41 Å². The molecule has 0 saturated heterocycles. The second-order valence-electron chi connectivity index (χ2n) is 15.2. The number of ether oxygens (including phenoxy) is 1. The van der Waals surface area contributed by atoms with Gasteiger partial charge < -0.3 is 9.64 Å². The topological polar surface area (TPSA) is 12.5 Å². The minimum absolute atomic E-state index is 0.622.